The highest BCUT2D eigenvalue weighted by atomic mass is 16.5. The third-order valence-corrected chi connectivity index (χ3v) is 6.96. The first-order valence-electron chi connectivity index (χ1n) is 12.5. The number of benzene rings is 1. The molecule has 1 aromatic heterocycles. The van der Waals surface area contributed by atoms with Crippen molar-refractivity contribution in [3.05, 3.63) is 52.3 Å². The molecule has 3 heterocycles. The van der Waals surface area contributed by atoms with Crippen molar-refractivity contribution in [3.63, 3.8) is 0 Å². The van der Waals surface area contributed by atoms with Gasteiger partial charge in [-0.2, -0.15) is 5.26 Å². The molecule has 1 atom stereocenters. The number of amides is 1. The number of carbonyl (C=O) groups excluding carboxylic acids is 1. The van der Waals surface area contributed by atoms with Gasteiger partial charge in [0, 0.05) is 49.7 Å². The van der Waals surface area contributed by atoms with E-state index in [1.165, 1.54) is 6.20 Å². The second-order valence-electron chi connectivity index (χ2n) is 9.37. The standard InChI is InChI=1S/C27H35N5O3/c1-4-30(3)9-6-19-12-24-23(25(13-19)31-10-7-22(33)18-31)8-11-32(27(24)34)17-21-14-26(35-5-2)20(15-28)16-29-21/h12-14,16,22,33H,4-11,17-18H2,1-3H3. The summed E-state index contributed by atoms with van der Waals surface area (Å²) in [6.45, 7) is 8.74. The number of aliphatic hydroxyl groups excluding tert-OH is 1. The van der Waals surface area contributed by atoms with Gasteiger partial charge in [-0.05, 0) is 63.0 Å². The number of nitriles is 1. The van der Waals surface area contributed by atoms with Gasteiger partial charge in [-0.1, -0.05) is 6.92 Å². The number of aromatic nitrogens is 1. The Hall–Kier alpha value is -3.15. The zero-order valence-corrected chi connectivity index (χ0v) is 21.0. The summed E-state index contributed by atoms with van der Waals surface area (Å²) in [6.07, 6.45) is 3.57. The van der Waals surface area contributed by atoms with Crippen LogP contribution >= 0.6 is 0 Å². The van der Waals surface area contributed by atoms with E-state index in [9.17, 15) is 15.2 Å². The highest BCUT2D eigenvalue weighted by Gasteiger charge is 2.31. The second-order valence-corrected chi connectivity index (χ2v) is 9.37. The van der Waals surface area contributed by atoms with Gasteiger partial charge in [0.2, 0.25) is 0 Å². The van der Waals surface area contributed by atoms with Crippen LogP contribution in [-0.4, -0.2) is 78.3 Å². The molecule has 8 nitrogen and oxygen atoms in total. The van der Waals surface area contributed by atoms with Crippen LogP contribution in [0.25, 0.3) is 0 Å². The lowest BCUT2D eigenvalue weighted by molar-refractivity contribution is 0.0724. The Balaban J connectivity index is 1.62. The number of nitrogens with zero attached hydrogens (tertiary/aromatic N) is 5. The first kappa shape index (κ1) is 25.0. The fraction of sp³-hybridized carbons (Fsp3) is 0.519. The molecular formula is C27H35N5O3. The zero-order valence-electron chi connectivity index (χ0n) is 21.0. The fourth-order valence-corrected chi connectivity index (χ4v) is 4.82. The monoisotopic (exact) mass is 477 g/mol. The molecule has 8 heteroatoms. The molecular weight excluding hydrogens is 442 g/mol. The average molecular weight is 478 g/mol. The summed E-state index contributed by atoms with van der Waals surface area (Å²) in [4.78, 5) is 24.4. The van der Waals surface area contributed by atoms with E-state index in [4.69, 9.17) is 4.74 Å². The number of anilines is 1. The molecule has 1 aromatic carbocycles. The number of fused-ring (bicyclic) bond motifs is 1. The van der Waals surface area contributed by atoms with Gasteiger partial charge in [0.05, 0.1) is 24.9 Å². The molecule has 0 radical (unpaired) electrons. The van der Waals surface area contributed by atoms with E-state index in [1.807, 2.05) is 11.8 Å². The maximum Gasteiger partial charge on any atom is 0.254 e. The maximum atomic E-state index is 13.7. The van der Waals surface area contributed by atoms with Crippen molar-refractivity contribution < 1.29 is 14.6 Å². The molecule has 2 aliphatic heterocycles. The Labute approximate surface area is 207 Å². The molecule has 35 heavy (non-hydrogen) atoms. The maximum absolute atomic E-state index is 13.7. The van der Waals surface area contributed by atoms with E-state index < -0.39 is 0 Å². The van der Waals surface area contributed by atoms with E-state index in [0.717, 1.165) is 61.3 Å². The minimum absolute atomic E-state index is 0.00191. The van der Waals surface area contributed by atoms with Crippen LogP contribution in [0.15, 0.2) is 24.4 Å². The third kappa shape index (κ3) is 5.58. The average Bonchev–Trinajstić information content (AvgIpc) is 3.30. The molecule has 1 amide bonds. The molecule has 2 aliphatic rings. The molecule has 0 spiro atoms. The van der Waals surface area contributed by atoms with Gasteiger partial charge in [-0.3, -0.25) is 9.78 Å². The van der Waals surface area contributed by atoms with Crippen molar-refractivity contribution in [2.24, 2.45) is 0 Å². The summed E-state index contributed by atoms with van der Waals surface area (Å²) in [5, 5.41) is 19.4. The van der Waals surface area contributed by atoms with Crippen LogP contribution in [0.1, 0.15) is 53.0 Å². The third-order valence-electron chi connectivity index (χ3n) is 6.96. The molecule has 1 N–H and O–H groups in total. The molecule has 1 saturated heterocycles. The molecule has 186 valence electrons. The Morgan fingerprint density at radius 1 is 1.29 bits per heavy atom. The van der Waals surface area contributed by atoms with Crippen LogP contribution in [0, 0.1) is 11.3 Å². The lowest BCUT2D eigenvalue weighted by Gasteiger charge is -2.32. The van der Waals surface area contributed by atoms with Crippen LogP contribution in [0.3, 0.4) is 0 Å². The van der Waals surface area contributed by atoms with Gasteiger partial charge < -0.3 is 24.5 Å². The van der Waals surface area contributed by atoms with Gasteiger partial charge in [0.15, 0.2) is 0 Å². The largest absolute Gasteiger partial charge is 0.492 e. The van der Waals surface area contributed by atoms with E-state index >= 15 is 0 Å². The predicted octanol–water partition coefficient (Wildman–Crippen LogP) is 2.62. The Kier molecular flexibility index (Phi) is 7.89. The van der Waals surface area contributed by atoms with Crippen molar-refractivity contribution in [1.29, 1.82) is 5.26 Å². The summed E-state index contributed by atoms with van der Waals surface area (Å²) in [7, 11) is 2.10. The van der Waals surface area contributed by atoms with E-state index in [-0.39, 0.29) is 12.0 Å². The lowest BCUT2D eigenvalue weighted by atomic mass is 9.92. The van der Waals surface area contributed by atoms with E-state index in [2.05, 4.69) is 47.0 Å². The number of carbonyl (C=O) groups is 1. The molecule has 0 aliphatic carbocycles. The van der Waals surface area contributed by atoms with Gasteiger partial charge >= 0.3 is 0 Å². The molecule has 0 saturated carbocycles. The Morgan fingerprint density at radius 2 is 2.11 bits per heavy atom. The Morgan fingerprint density at radius 3 is 2.80 bits per heavy atom. The highest BCUT2D eigenvalue weighted by molar-refractivity contribution is 5.98. The van der Waals surface area contributed by atoms with E-state index in [0.29, 0.717) is 43.2 Å². The van der Waals surface area contributed by atoms with Crippen molar-refractivity contribution in [2.45, 2.75) is 45.8 Å². The van der Waals surface area contributed by atoms with Crippen molar-refractivity contribution in [1.82, 2.24) is 14.8 Å². The fourth-order valence-electron chi connectivity index (χ4n) is 4.82. The number of aliphatic hydroxyl groups is 1. The van der Waals surface area contributed by atoms with Gasteiger partial charge in [-0.25, -0.2) is 0 Å². The number of pyridine rings is 1. The minimum Gasteiger partial charge on any atom is -0.492 e. The first-order chi connectivity index (χ1) is 16.9. The van der Waals surface area contributed by atoms with Crippen LogP contribution in [0.5, 0.6) is 5.75 Å². The number of rotatable bonds is 9. The quantitative estimate of drug-likeness (QED) is 0.593. The molecule has 2 aromatic rings. The summed E-state index contributed by atoms with van der Waals surface area (Å²) >= 11 is 0. The van der Waals surface area contributed by atoms with Crippen LogP contribution in [-0.2, 0) is 19.4 Å². The van der Waals surface area contributed by atoms with Crippen molar-refractivity contribution in [2.75, 3.05) is 51.3 Å². The second kappa shape index (κ2) is 11.1. The van der Waals surface area contributed by atoms with Crippen LogP contribution < -0.4 is 9.64 Å². The summed E-state index contributed by atoms with van der Waals surface area (Å²) in [5.41, 5.74) is 5.17. The van der Waals surface area contributed by atoms with E-state index in [1.54, 1.807) is 6.07 Å². The topological polar surface area (TPSA) is 92.9 Å². The number of ether oxygens (including phenoxy) is 1. The SMILES string of the molecule is CCOc1cc(CN2CCc3c(cc(CCN(C)CC)cc3N3CCC(O)C3)C2=O)ncc1C#N. The number of β-amino-alcohol motifs (C(OH)–C–C–N with tert-alkyl or cyclic N) is 1. The number of hydrogen-bond acceptors (Lipinski definition) is 7. The lowest BCUT2D eigenvalue weighted by Crippen LogP contribution is -2.38. The predicted molar refractivity (Wildman–Crippen MR) is 135 cm³/mol. The summed E-state index contributed by atoms with van der Waals surface area (Å²) in [6, 6.07) is 8.15. The van der Waals surface area contributed by atoms with Crippen LogP contribution in [0.2, 0.25) is 0 Å². The molecule has 0 bridgehead atoms. The van der Waals surface area contributed by atoms with Gasteiger partial charge in [-0.15, -0.1) is 0 Å². The smallest absolute Gasteiger partial charge is 0.254 e. The zero-order chi connectivity index (χ0) is 24.9. The number of likely N-dealkylation sites (N-methyl/N-ethyl adjacent to an activating group) is 1. The molecule has 4 rings (SSSR count). The summed E-state index contributed by atoms with van der Waals surface area (Å²) < 4.78 is 5.60. The summed E-state index contributed by atoms with van der Waals surface area (Å²) in [5.74, 6) is 0.504. The number of hydrogen-bond donors (Lipinski definition) is 1. The van der Waals surface area contributed by atoms with Crippen molar-refractivity contribution >= 4 is 11.6 Å². The molecule has 1 unspecified atom stereocenters. The Bertz CT molecular complexity index is 1110. The first-order valence-corrected chi connectivity index (χ1v) is 12.5. The van der Waals surface area contributed by atoms with Gasteiger partial charge in [0.25, 0.3) is 5.91 Å². The van der Waals surface area contributed by atoms with Crippen LogP contribution in [0.4, 0.5) is 5.69 Å². The minimum atomic E-state index is -0.321. The molecule has 1 fully saturated rings. The highest BCUT2D eigenvalue weighted by Crippen LogP contribution is 2.33. The normalized spacial score (nSPS) is 17.6. The van der Waals surface area contributed by atoms with Gasteiger partial charge in [0.1, 0.15) is 17.4 Å². The van der Waals surface area contributed by atoms with Crippen molar-refractivity contribution in [3.8, 4) is 11.8 Å².